The second kappa shape index (κ2) is 10.3. The van der Waals surface area contributed by atoms with E-state index in [4.69, 9.17) is 0 Å². The Morgan fingerprint density at radius 1 is 1.08 bits per heavy atom. The van der Waals surface area contributed by atoms with Crippen LogP contribution in [0.5, 0.6) is 0 Å². The van der Waals surface area contributed by atoms with Crippen molar-refractivity contribution in [3.8, 4) is 0 Å². The van der Waals surface area contributed by atoms with Crippen molar-refractivity contribution in [3.63, 3.8) is 0 Å². The molecule has 0 aliphatic heterocycles. The Morgan fingerprint density at radius 2 is 1.50 bits per heavy atom. The largest absolute Gasteiger partial charge is 0.316 e. The van der Waals surface area contributed by atoms with Gasteiger partial charge in [0.25, 0.3) is 0 Å². The molecule has 0 unspecified atom stereocenters. The molecule has 0 rings (SSSR count). The maximum absolute atomic E-state index is 9.87. The molecule has 72 valence electrons. The molecule has 0 saturated carbocycles. The molecular weight excluding hydrogens is 176 g/mol. The minimum absolute atomic E-state index is 0.0718. The number of amides is 1. The average Bonchev–Trinajstić information content (AvgIpc) is 1.87. The molecule has 0 bridgehead atoms. The third-order valence-corrected chi connectivity index (χ3v) is 0.704. The molecule has 0 atom stereocenters. The van der Waals surface area contributed by atoms with Crippen molar-refractivity contribution >= 4 is 23.1 Å². The monoisotopic (exact) mass is 192 g/mol. The average molecular weight is 192 g/mol. The number of thiocarbonyl (C=S) groups is 1. The number of hydrazine groups is 2. The second-order valence-corrected chi connectivity index (χ2v) is 2.47. The fourth-order valence-electron chi connectivity index (χ4n) is 0.352. The van der Waals surface area contributed by atoms with E-state index >= 15 is 0 Å². The molecule has 0 spiro atoms. The first-order chi connectivity index (χ1) is 5.54. The van der Waals surface area contributed by atoms with Gasteiger partial charge in [0.2, 0.25) is 5.91 Å². The minimum Gasteiger partial charge on any atom is -0.316 e. The zero-order valence-corrected chi connectivity index (χ0v) is 8.63. The molecule has 0 heterocycles. The lowest BCUT2D eigenvalue weighted by molar-refractivity contribution is -0.119. The van der Waals surface area contributed by atoms with E-state index in [1.165, 1.54) is 6.92 Å². The van der Waals surface area contributed by atoms with Crippen LogP contribution in [0.2, 0.25) is 0 Å². The minimum atomic E-state index is -0.0718. The molecule has 0 aromatic rings. The van der Waals surface area contributed by atoms with Crippen molar-refractivity contribution in [2.75, 3.05) is 14.1 Å². The van der Waals surface area contributed by atoms with Crippen LogP contribution in [0.15, 0.2) is 0 Å². The molecule has 4 N–H and O–H groups in total. The molecule has 6 heteroatoms. The van der Waals surface area contributed by atoms with Gasteiger partial charge in [-0.25, -0.2) is 10.9 Å². The van der Waals surface area contributed by atoms with Crippen LogP contribution in [0.1, 0.15) is 13.8 Å². The lowest BCUT2D eigenvalue weighted by Crippen LogP contribution is -2.31. The third kappa shape index (κ3) is 22.8. The van der Waals surface area contributed by atoms with Crippen LogP contribution in [0.4, 0.5) is 0 Å². The summed E-state index contributed by atoms with van der Waals surface area (Å²) in [6.45, 7) is 3.25. The number of hydrogen-bond donors (Lipinski definition) is 4. The van der Waals surface area contributed by atoms with Crippen molar-refractivity contribution < 1.29 is 4.79 Å². The Bertz CT molecular complexity index is 124. The van der Waals surface area contributed by atoms with Gasteiger partial charge in [-0.15, -0.1) is 0 Å². The van der Waals surface area contributed by atoms with E-state index in [0.717, 1.165) is 4.99 Å². The smallest absolute Gasteiger partial charge is 0.230 e. The van der Waals surface area contributed by atoms with Crippen LogP contribution in [0.3, 0.4) is 0 Å². The van der Waals surface area contributed by atoms with E-state index in [-0.39, 0.29) is 5.91 Å². The Hall–Kier alpha value is -0.720. The quantitative estimate of drug-likeness (QED) is 0.345. The fourth-order valence-corrected chi connectivity index (χ4v) is 0.454. The van der Waals surface area contributed by atoms with E-state index < -0.39 is 0 Å². The van der Waals surface area contributed by atoms with Crippen molar-refractivity contribution in [2.45, 2.75) is 13.8 Å². The lowest BCUT2D eigenvalue weighted by atomic mass is 10.8. The number of nitrogens with one attached hydrogen (secondary N) is 4. The van der Waals surface area contributed by atoms with Gasteiger partial charge in [-0.1, -0.05) is 12.2 Å². The predicted molar refractivity (Wildman–Crippen MR) is 53.3 cm³/mol. The van der Waals surface area contributed by atoms with Crippen molar-refractivity contribution in [1.82, 2.24) is 21.7 Å². The first-order valence-electron chi connectivity index (χ1n) is 3.41. The van der Waals surface area contributed by atoms with Gasteiger partial charge in [-0.3, -0.25) is 10.2 Å². The second-order valence-electron chi connectivity index (χ2n) is 1.86. The van der Waals surface area contributed by atoms with E-state index in [9.17, 15) is 4.79 Å². The van der Waals surface area contributed by atoms with E-state index in [1.807, 2.05) is 6.92 Å². The molecule has 0 aliphatic carbocycles. The van der Waals surface area contributed by atoms with Crippen molar-refractivity contribution in [2.24, 2.45) is 0 Å². The molecule has 0 aliphatic rings. The van der Waals surface area contributed by atoms with Gasteiger partial charge in [0.15, 0.2) is 0 Å². The van der Waals surface area contributed by atoms with Gasteiger partial charge in [0.05, 0.1) is 4.99 Å². The first-order valence-corrected chi connectivity index (χ1v) is 3.82. The van der Waals surface area contributed by atoms with Gasteiger partial charge in [0.1, 0.15) is 0 Å². The van der Waals surface area contributed by atoms with Crippen molar-refractivity contribution in [1.29, 1.82) is 0 Å². The molecule has 1 amide bonds. The number of carbonyl (C=O) groups is 1. The molecular formula is C6H16N4OS. The van der Waals surface area contributed by atoms with Gasteiger partial charge in [-0.05, 0) is 6.92 Å². The molecule has 0 saturated heterocycles. The summed E-state index contributed by atoms with van der Waals surface area (Å²) in [6.07, 6.45) is 0. The molecule has 12 heavy (non-hydrogen) atoms. The maximum atomic E-state index is 9.87. The van der Waals surface area contributed by atoms with E-state index in [0.29, 0.717) is 0 Å². The van der Waals surface area contributed by atoms with Gasteiger partial charge in [0, 0.05) is 21.0 Å². The van der Waals surface area contributed by atoms with Crippen LogP contribution in [-0.4, -0.2) is 25.0 Å². The van der Waals surface area contributed by atoms with Gasteiger partial charge < -0.3 is 5.43 Å². The fraction of sp³-hybridized carbons (Fsp3) is 0.667. The van der Waals surface area contributed by atoms with Crippen LogP contribution in [0.25, 0.3) is 0 Å². The SMILES string of the molecule is CNNC(C)=O.CNNC(C)=S. The Labute approximate surface area is 78.2 Å². The zero-order valence-electron chi connectivity index (χ0n) is 7.82. The third-order valence-electron chi connectivity index (χ3n) is 0.602. The lowest BCUT2D eigenvalue weighted by Gasteiger charge is -1.95. The molecule has 0 aromatic carbocycles. The summed E-state index contributed by atoms with van der Waals surface area (Å²) in [5.41, 5.74) is 10.2. The molecule has 0 radical (unpaired) electrons. The normalized spacial score (nSPS) is 7.67. The Kier molecular flexibility index (Phi) is 11.9. The highest BCUT2D eigenvalue weighted by Gasteiger charge is 1.78. The predicted octanol–water partition coefficient (Wildman–Crippen LogP) is -0.685. The van der Waals surface area contributed by atoms with Crippen LogP contribution in [-0.2, 0) is 4.79 Å². The number of rotatable bonds is 2. The Morgan fingerprint density at radius 3 is 1.50 bits per heavy atom. The summed E-state index contributed by atoms with van der Waals surface area (Å²) in [5.74, 6) is -0.0718. The number of hydrogen-bond acceptors (Lipinski definition) is 4. The van der Waals surface area contributed by atoms with E-state index in [1.54, 1.807) is 14.1 Å². The summed E-state index contributed by atoms with van der Waals surface area (Å²) < 4.78 is 0. The molecule has 5 nitrogen and oxygen atoms in total. The Balaban J connectivity index is 0. The van der Waals surface area contributed by atoms with Crippen LogP contribution >= 0.6 is 12.2 Å². The molecule has 0 aromatic heterocycles. The summed E-state index contributed by atoms with van der Waals surface area (Å²) in [7, 11) is 3.41. The summed E-state index contributed by atoms with van der Waals surface area (Å²) in [6, 6.07) is 0. The summed E-state index contributed by atoms with van der Waals surface area (Å²) in [4.78, 5) is 10.6. The van der Waals surface area contributed by atoms with Gasteiger partial charge >= 0.3 is 0 Å². The molecule has 0 fully saturated rings. The van der Waals surface area contributed by atoms with Crippen LogP contribution < -0.4 is 21.7 Å². The summed E-state index contributed by atoms with van der Waals surface area (Å²) >= 11 is 4.62. The van der Waals surface area contributed by atoms with Crippen LogP contribution in [0, 0.1) is 0 Å². The highest BCUT2D eigenvalue weighted by Crippen LogP contribution is 1.57. The summed E-state index contributed by atoms with van der Waals surface area (Å²) in [5, 5.41) is 0. The topological polar surface area (TPSA) is 65.2 Å². The first kappa shape index (κ1) is 13.8. The van der Waals surface area contributed by atoms with Gasteiger partial charge in [-0.2, -0.15) is 0 Å². The van der Waals surface area contributed by atoms with E-state index in [2.05, 4.69) is 33.9 Å². The zero-order chi connectivity index (χ0) is 9.98. The maximum Gasteiger partial charge on any atom is 0.230 e. The number of carbonyl (C=O) groups excluding carboxylic acids is 1. The standard InChI is InChI=1S/C3H8N2O.C3H8N2S/c2*1-3(6)5-4-2/h2*4H,1-2H3,(H,5,6). The highest BCUT2D eigenvalue weighted by atomic mass is 32.1. The highest BCUT2D eigenvalue weighted by molar-refractivity contribution is 7.80. The van der Waals surface area contributed by atoms with Crippen molar-refractivity contribution in [3.05, 3.63) is 0 Å².